The Kier molecular flexibility index (Phi) is 6.15. The molecule has 0 saturated carbocycles. The second-order valence-electron chi connectivity index (χ2n) is 4.57. The number of rotatable bonds is 5. The standard InChI is InChI=1S/C16H13BrClFN2O2/c17-13-7-10(4-5-15(22)21-20)8-14(18)16(13)23-9-11-2-1-3-12(19)6-11/h1-8H,9,20H2,(H,21,22)/b5-4+. The zero-order valence-corrected chi connectivity index (χ0v) is 14.2. The van der Waals surface area contributed by atoms with Gasteiger partial charge < -0.3 is 4.74 Å². The molecular weight excluding hydrogens is 387 g/mol. The molecule has 0 heterocycles. The van der Waals surface area contributed by atoms with E-state index in [9.17, 15) is 9.18 Å². The Morgan fingerprint density at radius 1 is 1.39 bits per heavy atom. The third kappa shape index (κ3) is 5.06. The van der Waals surface area contributed by atoms with E-state index in [4.69, 9.17) is 22.2 Å². The Labute approximate surface area is 146 Å². The Morgan fingerprint density at radius 3 is 2.83 bits per heavy atom. The number of nitrogens with two attached hydrogens (primary N) is 1. The lowest BCUT2D eigenvalue weighted by Crippen LogP contribution is -2.27. The highest BCUT2D eigenvalue weighted by Crippen LogP contribution is 2.35. The summed E-state index contributed by atoms with van der Waals surface area (Å²) in [7, 11) is 0. The van der Waals surface area contributed by atoms with Crippen LogP contribution in [0.4, 0.5) is 4.39 Å². The summed E-state index contributed by atoms with van der Waals surface area (Å²) in [5.74, 6) is 4.68. The number of hydrogen-bond acceptors (Lipinski definition) is 3. The van der Waals surface area contributed by atoms with Gasteiger partial charge in [-0.05, 0) is 57.4 Å². The van der Waals surface area contributed by atoms with Crippen molar-refractivity contribution < 1.29 is 13.9 Å². The van der Waals surface area contributed by atoms with Gasteiger partial charge in [-0.1, -0.05) is 23.7 Å². The highest BCUT2D eigenvalue weighted by Gasteiger charge is 2.09. The Bertz CT molecular complexity index is 730. The van der Waals surface area contributed by atoms with Crippen LogP contribution in [0.3, 0.4) is 0 Å². The molecule has 1 amide bonds. The largest absolute Gasteiger partial charge is 0.486 e. The van der Waals surface area contributed by atoms with Gasteiger partial charge in [0.2, 0.25) is 0 Å². The maximum absolute atomic E-state index is 13.1. The van der Waals surface area contributed by atoms with Gasteiger partial charge in [0.05, 0.1) is 9.50 Å². The van der Waals surface area contributed by atoms with Crippen molar-refractivity contribution in [1.82, 2.24) is 5.43 Å². The van der Waals surface area contributed by atoms with Gasteiger partial charge >= 0.3 is 0 Å². The molecule has 0 radical (unpaired) electrons. The maximum atomic E-state index is 13.1. The SMILES string of the molecule is NNC(=O)/C=C/c1cc(Cl)c(OCc2cccc(F)c2)c(Br)c1. The monoisotopic (exact) mass is 398 g/mol. The van der Waals surface area contributed by atoms with Crippen molar-refractivity contribution >= 4 is 39.5 Å². The molecule has 120 valence electrons. The molecule has 0 saturated heterocycles. The number of carbonyl (C=O) groups excluding carboxylic acids is 1. The number of amides is 1. The summed E-state index contributed by atoms with van der Waals surface area (Å²) in [5.41, 5.74) is 3.38. The lowest BCUT2D eigenvalue weighted by atomic mass is 10.2. The first-order valence-electron chi connectivity index (χ1n) is 6.54. The fourth-order valence-corrected chi connectivity index (χ4v) is 2.80. The van der Waals surface area contributed by atoms with Gasteiger partial charge in [0, 0.05) is 6.08 Å². The van der Waals surface area contributed by atoms with Gasteiger partial charge in [0.15, 0.2) is 5.75 Å². The molecule has 0 aliphatic carbocycles. The predicted octanol–water partition coefficient (Wildman–Crippen LogP) is 3.82. The fourth-order valence-electron chi connectivity index (χ4n) is 1.82. The summed E-state index contributed by atoms with van der Waals surface area (Å²) < 4.78 is 19.4. The Hall–Kier alpha value is -1.89. The van der Waals surface area contributed by atoms with Crippen molar-refractivity contribution in [1.29, 1.82) is 0 Å². The van der Waals surface area contributed by atoms with E-state index in [-0.39, 0.29) is 12.4 Å². The van der Waals surface area contributed by atoms with Crippen LogP contribution in [0.25, 0.3) is 6.08 Å². The summed E-state index contributed by atoms with van der Waals surface area (Å²) in [6.07, 6.45) is 2.85. The van der Waals surface area contributed by atoms with Crippen LogP contribution in [-0.2, 0) is 11.4 Å². The van der Waals surface area contributed by atoms with Crippen molar-refractivity contribution in [2.45, 2.75) is 6.61 Å². The predicted molar refractivity (Wildman–Crippen MR) is 91.2 cm³/mol. The van der Waals surface area contributed by atoms with Crippen LogP contribution in [0.5, 0.6) is 5.75 Å². The van der Waals surface area contributed by atoms with E-state index in [1.807, 2.05) is 5.43 Å². The molecule has 0 aliphatic rings. The van der Waals surface area contributed by atoms with Gasteiger partial charge in [-0.3, -0.25) is 10.2 Å². The molecule has 0 unspecified atom stereocenters. The van der Waals surface area contributed by atoms with Gasteiger partial charge in [0.1, 0.15) is 12.4 Å². The molecule has 3 N–H and O–H groups in total. The van der Waals surface area contributed by atoms with Crippen LogP contribution >= 0.6 is 27.5 Å². The van der Waals surface area contributed by atoms with Crippen molar-refractivity contribution in [3.63, 3.8) is 0 Å². The molecule has 0 bridgehead atoms. The van der Waals surface area contributed by atoms with E-state index in [2.05, 4.69) is 15.9 Å². The zero-order chi connectivity index (χ0) is 16.8. The normalized spacial score (nSPS) is 10.8. The molecule has 2 aromatic rings. The van der Waals surface area contributed by atoms with Crippen molar-refractivity contribution in [3.05, 3.63) is 68.9 Å². The molecule has 0 aliphatic heterocycles. The van der Waals surface area contributed by atoms with Gasteiger partial charge in [-0.25, -0.2) is 10.2 Å². The second kappa shape index (κ2) is 8.10. The first-order chi connectivity index (χ1) is 11.0. The minimum absolute atomic E-state index is 0.181. The molecule has 23 heavy (non-hydrogen) atoms. The molecule has 4 nitrogen and oxygen atoms in total. The lowest BCUT2D eigenvalue weighted by Gasteiger charge is -2.11. The van der Waals surface area contributed by atoms with Crippen molar-refractivity contribution in [2.75, 3.05) is 0 Å². The molecule has 0 atom stereocenters. The highest BCUT2D eigenvalue weighted by atomic mass is 79.9. The van der Waals surface area contributed by atoms with Gasteiger partial charge in [-0.2, -0.15) is 0 Å². The summed E-state index contributed by atoms with van der Waals surface area (Å²) in [5, 5.41) is 0.364. The molecular formula is C16H13BrClFN2O2. The van der Waals surface area contributed by atoms with Crippen molar-refractivity contribution in [2.24, 2.45) is 5.84 Å². The first-order valence-corrected chi connectivity index (χ1v) is 7.71. The average molecular weight is 400 g/mol. The Balaban J connectivity index is 2.14. The molecule has 7 heteroatoms. The number of nitrogens with one attached hydrogen (secondary N) is 1. The number of ether oxygens (including phenoxy) is 1. The summed E-state index contributed by atoms with van der Waals surface area (Å²) in [4.78, 5) is 11.1. The van der Waals surface area contributed by atoms with Gasteiger partial charge in [0.25, 0.3) is 5.91 Å². The van der Waals surface area contributed by atoms with E-state index in [1.165, 1.54) is 18.2 Å². The van der Waals surface area contributed by atoms with Crippen LogP contribution in [0.2, 0.25) is 5.02 Å². The molecule has 0 fully saturated rings. The third-order valence-corrected chi connectivity index (χ3v) is 3.73. The Morgan fingerprint density at radius 2 is 2.17 bits per heavy atom. The second-order valence-corrected chi connectivity index (χ2v) is 5.84. The lowest BCUT2D eigenvalue weighted by molar-refractivity contribution is -0.116. The first kappa shape index (κ1) is 17.5. The number of carbonyl (C=O) groups is 1. The summed E-state index contributed by atoms with van der Waals surface area (Å²) >= 11 is 9.56. The van der Waals surface area contributed by atoms with Gasteiger partial charge in [-0.15, -0.1) is 0 Å². The zero-order valence-electron chi connectivity index (χ0n) is 11.9. The number of hydrogen-bond donors (Lipinski definition) is 2. The minimum atomic E-state index is -0.427. The van der Waals surface area contributed by atoms with Crippen LogP contribution in [-0.4, -0.2) is 5.91 Å². The smallest absolute Gasteiger partial charge is 0.257 e. The number of halogens is 3. The van der Waals surface area contributed by atoms with E-state index in [0.29, 0.717) is 26.4 Å². The van der Waals surface area contributed by atoms with Crippen molar-refractivity contribution in [3.8, 4) is 5.75 Å². The molecule has 0 spiro atoms. The quantitative estimate of drug-likeness (QED) is 0.348. The van der Waals surface area contributed by atoms with Crippen LogP contribution in [0.15, 0.2) is 46.9 Å². The highest BCUT2D eigenvalue weighted by molar-refractivity contribution is 9.10. The van der Waals surface area contributed by atoms with Crippen LogP contribution in [0, 0.1) is 5.82 Å². The van der Waals surface area contributed by atoms with Crippen LogP contribution in [0.1, 0.15) is 11.1 Å². The molecule has 2 rings (SSSR count). The third-order valence-electron chi connectivity index (χ3n) is 2.86. The maximum Gasteiger partial charge on any atom is 0.257 e. The topological polar surface area (TPSA) is 64.3 Å². The molecule has 2 aromatic carbocycles. The summed E-state index contributed by atoms with van der Waals surface area (Å²) in [6.45, 7) is 0.181. The van der Waals surface area contributed by atoms with E-state index in [1.54, 1.807) is 30.3 Å². The molecule has 0 aromatic heterocycles. The number of hydrazine groups is 1. The average Bonchev–Trinajstić information content (AvgIpc) is 2.51. The van der Waals surface area contributed by atoms with E-state index >= 15 is 0 Å². The fraction of sp³-hybridized carbons (Fsp3) is 0.0625. The van der Waals surface area contributed by atoms with Crippen LogP contribution < -0.4 is 16.0 Å². The minimum Gasteiger partial charge on any atom is -0.486 e. The van der Waals surface area contributed by atoms with E-state index < -0.39 is 5.91 Å². The van der Waals surface area contributed by atoms with E-state index in [0.717, 1.165) is 0 Å². The summed E-state index contributed by atoms with van der Waals surface area (Å²) in [6, 6.07) is 9.52. The number of benzene rings is 2.